The quantitative estimate of drug-likeness (QED) is 0.192. The van der Waals surface area contributed by atoms with E-state index in [1.807, 2.05) is 13.8 Å². The fourth-order valence-electron chi connectivity index (χ4n) is 3.37. The molecule has 12 heteroatoms. The van der Waals surface area contributed by atoms with Gasteiger partial charge < -0.3 is 37.2 Å². The number of carboxylic acid groups (broad SMARTS) is 1. The number of aliphatic hydroxyl groups is 1. The minimum atomic E-state index is -1.26. The zero-order valence-corrected chi connectivity index (χ0v) is 17.9. The summed E-state index contributed by atoms with van der Waals surface area (Å²) in [6.07, 6.45) is 0.786. The molecule has 176 valence electrons. The first kappa shape index (κ1) is 26.3. The number of nitrogens with two attached hydrogens (primary N) is 2. The molecule has 4 amide bonds. The lowest BCUT2D eigenvalue weighted by atomic mass is 10.0. The molecule has 12 nitrogen and oxygen atoms in total. The summed E-state index contributed by atoms with van der Waals surface area (Å²) >= 11 is 0. The van der Waals surface area contributed by atoms with Crippen molar-refractivity contribution in [1.29, 1.82) is 0 Å². The Hall–Kier alpha value is -2.73. The number of amides is 4. The Labute approximate surface area is 180 Å². The monoisotopic (exact) mass is 443 g/mol. The molecule has 0 aromatic rings. The Morgan fingerprint density at radius 3 is 2.29 bits per heavy atom. The SMILES string of the molecule is CC(C)CC(NC(=O)C1CCCN1C(=O)C(CCC(N)=O)NC(=O)C(N)CO)C(=O)O. The van der Waals surface area contributed by atoms with Crippen LogP contribution in [0.2, 0.25) is 0 Å². The molecule has 4 unspecified atom stereocenters. The highest BCUT2D eigenvalue weighted by atomic mass is 16.4. The average molecular weight is 444 g/mol. The Morgan fingerprint density at radius 2 is 1.77 bits per heavy atom. The van der Waals surface area contributed by atoms with Gasteiger partial charge in [0.1, 0.15) is 24.2 Å². The van der Waals surface area contributed by atoms with E-state index < -0.39 is 60.4 Å². The summed E-state index contributed by atoms with van der Waals surface area (Å²) < 4.78 is 0. The number of carboxylic acids is 1. The van der Waals surface area contributed by atoms with E-state index in [0.717, 1.165) is 0 Å². The lowest BCUT2D eigenvalue weighted by Gasteiger charge is -2.30. The second kappa shape index (κ2) is 12.2. The highest BCUT2D eigenvalue weighted by molar-refractivity contribution is 5.94. The largest absolute Gasteiger partial charge is 0.480 e. The van der Waals surface area contributed by atoms with Crippen LogP contribution in [0.25, 0.3) is 0 Å². The van der Waals surface area contributed by atoms with Gasteiger partial charge in [-0.25, -0.2) is 4.79 Å². The molecule has 1 saturated heterocycles. The summed E-state index contributed by atoms with van der Waals surface area (Å²) in [7, 11) is 0. The van der Waals surface area contributed by atoms with Gasteiger partial charge in [-0.1, -0.05) is 13.8 Å². The topological polar surface area (TPSA) is 205 Å². The summed E-state index contributed by atoms with van der Waals surface area (Å²) in [5, 5.41) is 23.3. The highest BCUT2D eigenvalue weighted by Gasteiger charge is 2.39. The molecule has 1 rings (SSSR count). The molecule has 4 atom stereocenters. The number of primary amides is 1. The van der Waals surface area contributed by atoms with E-state index in [9.17, 15) is 29.1 Å². The second-order valence-electron chi connectivity index (χ2n) is 8.07. The number of carbonyl (C=O) groups is 5. The van der Waals surface area contributed by atoms with Crippen molar-refractivity contribution in [2.75, 3.05) is 13.2 Å². The minimum absolute atomic E-state index is 0.0341. The summed E-state index contributed by atoms with van der Waals surface area (Å²) in [6.45, 7) is 3.25. The summed E-state index contributed by atoms with van der Waals surface area (Å²) in [6, 6.07) is -4.41. The summed E-state index contributed by atoms with van der Waals surface area (Å²) in [5.41, 5.74) is 10.6. The van der Waals surface area contributed by atoms with E-state index in [4.69, 9.17) is 16.6 Å². The van der Waals surface area contributed by atoms with E-state index in [1.165, 1.54) is 4.90 Å². The van der Waals surface area contributed by atoms with E-state index in [2.05, 4.69) is 10.6 Å². The van der Waals surface area contributed by atoms with Crippen LogP contribution in [-0.2, 0) is 24.0 Å². The van der Waals surface area contributed by atoms with Gasteiger partial charge in [0.05, 0.1) is 6.61 Å². The van der Waals surface area contributed by atoms with Gasteiger partial charge in [-0.15, -0.1) is 0 Å². The van der Waals surface area contributed by atoms with Crippen LogP contribution in [0.3, 0.4) is 0 Å². The number of carbonyl (C=O) groups excluding carboxylic acids is 4. The first-order chi connectivity index (χ1) is 14.5. The first-order valence-electron chi connectivity index (χ1n) is 10.3. The van der Waals surface area contributed by atoms with Crippen LogP contribution in [0.4, 0.5) is 0 Å². The maximum Gasteiger partial charge on any atom is 0.326 e. The van der Waals surface area contributed by atoms with Crippen LogP contribution in [0, 0.1) is 5.92 Å². The second-order valence-corrected chi connectivity index (χ2v) is 8.07. The van der Waals surface area contributed by atoms with Crippen LogP contribution < -0.4 is 22.1 Å². The van der Waals surface area contributed by atoms with Crippen LogP contribution in [0.1, 0.15) is 46.0 Å². The number of nitrogens with zero attached hydrogens (tertiary/aromatic N) is 1. The Morgan fingerprint density at radius 1 is 1.13 bits per heavy atom. The van der Waals surface area contributed by atoms with Crippen molar-refractivity contribution in [2.24, 2.45) is 17.4 Å². The first-order valence-corrected chi connectivity index (χ1v) is 10.3. The Kier molecular flexibility index (Phi) is 10.4. The molecular weight excluding hydrogens is 410 g/mol. The number of hydrogen-bond acceptors (Lipinski definition) is 7. The van der Waals surface area contributed by atoms with Gasteiger partial charge in [-0.2, -0.15) is 0 Å². The summed E-state index contributed by atoms with van der Waals surface area (Å²) in [4.78, 5) is 61.8. The fourth-order valence-corrected chi connectivity index (χ4v) is 3.37. The lowest BCUT2D eigenvalue weighted by Crippen LogP contribution is -2.57. The number of hydrogen-bond donors (Lipinski definition) is 6. The van der Waals surface area contributed by atoms with Gasteiger partial charge in [0.2, 0.25) is 23.6 Å². The van der Waals surface area contributed by atoms with Crippen LogP contribution in [0.5, 0.6) is 0 Å². The molecule has 31 heavy (non-hydrogen) atoms. The molecule has 0 aromatic heterocycles. The van der Waals surface area contributed by atoms with Gasteiger partial charge >= 0.3 is 5.97 Å². The van der Waals surface area contributed by atoms with Crippen LogP contribution in [-0.4, -0.2) is 82.0 Å². The van der Waals surface area contributed by atoms with E-state index >= 15 is 0 Å². The van der Waals surface area contributed by atoms with Gasteiger partial charge in [0, 0.05) is 13.0 Å². The van der Waals surface area contributed by atoms with Crippen molar-refractivity contribution in [2.45, 2.75) is 70.1 Å². The maximum atomic E-state index is 13.1. The standard InChI is InChI=1S/C19H33N5O7/c1-10(2)8-13(19(30)31)23-17(28)14-4-3-7-24(14)18(29)12(5-6-15(21)26)22-16(27)11(20)9-25/h10-14,25H,3-9,20H2,1-2H3,(H2,21,26)(H,22,27)(H,23,28)(H,30,31). The molecule has 0 saturated carbocycles. The third-order valence-corrected chi connectivity index (χ3v) is 4.99. The Bertz CT molecular complexity index is 685. The molecule has 0 radical (unpaired) electrons. The van der Waals surface area contributed by atoms with E-state index in [1.54, 1.807) is 0 Å². The maximum absolute atomic E-state index is 13.1. The predicted molar refractivity (Wildman–Crippen MR) is 109 cm³/mol. The zero-order valence-electron chi connectivity index (χ0n) is 17.9. The molecule has 0 bridgehead atoms. The smallest absolute Gasteiger partial charge is 0.326 e. The number of rotatable bonds is 12. The van der Waals surface area contributed by atoms with Crippen molar-refractivity contribution in [1.82, 2.24) is 15.5 Å². The number of nitrogens with one attached hydrogen (secondary N) is 2. The molecule has 8 N–H and O–H groups in total. The van der Waals surface area contributed by atoms with Crippen LogP contribution >= 0.6 is 0 Å². The van der Waals surface area contributed by atoms with Crippen molar-refractivity contribution >= 4 is 29.6 Å². The van der Waals surface area contributed by atoms with Crippen molar-refractivity contribution < 1.29 is 34.2 Å². The molecular formula is C19H33N5O7. The lowest BCUT2D eigenvalue weighted by molar-refractivity contribution is -0.145. The van der Waals surface area contributed by atoms with Crippen molar-refractivity contribution in [3.8, 4) is 0 Å². The number of likely N-dealkylation sites (tertiary alicyclic amines) is 1. The number of aliphatic hydroxyl groups excluding tert-OH is 1. The van der Waals surface area contributed by atoms with Crippen molar-refractivity contribution in [3.05, 3.63) is 0 Å². The predicted octanol–water partition coefficient (Wildman–Crippen LogP) is -2.34. The molecule has 0 spiro atoms. The zero-order chi connectivity index (χ0) is 23.7. The number of aliphatic carboxylic acids is 1. The molecule has 0 aliphatic carbocycles. The van der Waals surface area contributed by atoms with E-state index in [0.29, 0.717) is 12.8 Å². The average Bonchev–Trinajstić information content (AvgIpc) is 3.18. The summed E-state index contributed by atoms with van der Waals surface area (Å²) in [5.74, 6) is -3.78. The molecule has 1 heterocycles. The van der Waals surface area contributed by atoms with Gasteiger partial charge in [0.25, 0.3) is 0 Å². The molecule has 1 aliphatic rings. The van der Waals surface area contributed by atoms with Crippen molar-refractivity contribution in [3.63, 3.8) is 0 Å². The van der Waals surface area contributed by atoms with Crippen LogP contribution in [0.15, 0.2) is 0 Å². The highest BCUT2D eigenvalue weighted by Crippen LogP contribution is 2.20. The van der Waals surface area contributed by atoms with E-state index in [-0.39, 0.29) is 31.7 Å². The Balaban J connectivity index is 2.96. The van der Waals surface area contributed by atoms with Gasteiger partial charge in [-0.05, 0) is 31.6 Å². The molecule has 0 aromatic carbocycles. The minimum Gasteiger partial charge on any atom is -0.480 e. The molecule has 1 aliphatic heterocycles. The fraction of sp³-hybridized carbons (Fsp3) is 0.737. The molecule has 1 fully saturated rings. The third-order valence-electron chi connectivity index (χ3n) is 4.99. The van der Waals surface area contributed by atoms with Gasteiger partial charge in [0.15, 0.2) is 0 Å². The van der Waals surface area contributed by atoms with Gasteiger partial charge in [-0.3, -0.25) is 19.2 Å². The normalized spacial score (nSPS) is 18.9. The third kappa shape index (κ3) is 8.13.